The predicted molar refractivity (Wildman–Crippen MR) is 115 cm³/mol. The molecular weight excluding hydrogens is 368 g/mol. The van der Waals surface area contributed by atoms with Crippen molar-refractivity contribution >= 4 is 17.7 Å². The van der Waals surface area contributed by atoms with Crippen LogP contribution in [0.5, 0.6) is 0 Å². The predicted octanol–water partition coefficient (Wildman–Crippen LogP) is 3.05. The zero-order chi connectivity index (χ0) is 19.5. The summed E-state index contributed by atoms with van der Waals surface area (Å²) in [6.45, 7) is 7.62. The molecule has 150 valence electrons. The van der Waals surface area contributed by atoms with E-state index in [1.165, 1.54) is 22.4 Å². The monoisotopic (exact) mass is 398 g/mol. The van der Waals surface area contributed by atoms with Crippen LogP contribution in [0.2, 0.25) is 0 Å². The van der Waals surface area contributed by atoms with Gasteiger partial charge >= 0.3 is 0 Å². The Morgan fingerprint density at radius 1 is 1.32 bits per heavy atom. The van der Waals surface area contributed by atoms with Crippen molar-refractivity contribution in [2.45, 2.75) is 52.2 Å². The van der Waals surface area contributed by atoms with Crippen LogP contribution in [0.25, 0.3) is 0 Å². The number of carbonyl (C=O) groups excluding carboxylic acids is 1. The molecule has 1 atom stereocenters. The van der Waals surface area contributed by atoms with Crippen LogP contribution < -0.4 is 5.32 Å². The molecule has 1 aliphatic heterocycles. The average Bonchev–Trinajstić information content (AvgIpc) is 3.10. The van der Waals surface area contributed by atoms with E-state index < -0.39 is 0 Å². The molecule has 1 aliphatic carbocycles. The molecule has 6 heteroatoms. The van der Waals surface area contributed by atoms with Crippen molar-refractivity contribution in [1.82, 2.24) is 20.0 Å². The fourth-order valence-corrected chi connectivity index (χ4v) is 5.20. The van der Waals surface area contributed by atoms with Gasteiger partial charge in [-0.2, -0.15) is 16.9 Å². The lowest BCUT2D eigenvalue weighted by Gasteiger charge is -2.27. The molecule has 0 radical (unpaired) electrons. The van der Waals surface area contributed by atoms with Gasteiger partial charge in [-0.3, -0.25) is 9.48 Å². The quantitative estimate of drug-likeness (QED) is 0.841. The van der Waals surface area contributed by atoms with Crippen molar-refractivity contribution in [2.24, 2.45) is 0 Å². The van der Waals surface area contributed by atoms with Gasteiger partial charge in [-0.05, 0) is 38.7 Å². The normalized spacial score (nSPS) is 19.5. The van der Waals surface area contributed by atoms with Crippen LogP contribution in [0.3, 0.4) is 0 Å². The molecule has 1 N–H and O–H groups in total. The summed E-state index contributed by atoms with van der Waals surface area (Å²) in [5.41, 5.74) is 5.76. The van der Waals surface area contributed by atoms with Crippen LogP contribution in [0, 0.1) is 6.92 Å². The first-order valence-corrected chi connectivity index (χ1v) is 11.6. The molecule has 0 saturated carbocycles. The van der Waals surface area contributed by atoms with Gasteiger partial charge in [0.15, 0.2) is 5.69 Å². The van der Waals surface area contributed by atoms with Crippen molar-refractivity contribution in [3.05, 3.63) is 52.3 Å². The molecule has 1 fully saturated rings. The maximum absolute atomic E-state index is 13.1. The van der Waals surface area contributed by atoms with Crippen molar-refractivity contribution in [2.75, 3.05) is 24.6 Å². The van der Waals surface area contributed by atoms with Gasteiger partial charge in [0.2, 0.25) is 0 Å². The minimum absolute atomic E-state index is 0.128. The van der Waals surface area contributed by atoms with Crippen LogP contribution in [-0.2, 0) is 25.9 Å². The number of rotatable bonds is 5. The highest BCUT2D eigenvalue weighted by Gasteiger charge is 2.31. The van der Waals surface area contributed by atoms with Crippen LogP contribution in [0.1, 0.15) is 46.2 Å². The van der Waals surface area contributed by atoms with E-state index in [9.17, 15) is 4.79 Å². The molecule has 1 aromatic heterocycles. The second-order valence-electron chi connectivity index (χ2n) is 7.80. The molecule has 0 bridgehead atoms. The van der Waals surface area contributed by atoms with Crippen LogP contribution in [-0.4, -0.2) is 51.2 Å². The van der Waals surface area contributed by atoms with Gasteiger partial charge in [-0.1, -0.05) is 29.8 Å². The summed E-state index contributed by atoms with van der Waals surface area (Å²) < 4.78 is 2.05. The first-order valence-electron chi connectivity index (χ1n) is 10.4. The van der Waals surface area contributed by atoms with Crippen molar-refractivity contribution < 1.29 is 4.79 Å². The maximum atomic E-state index is 13.1. The van der Waals surface area contributed by atoms with E-state index in [0.717, 1.165) is 56.9 Å². The number of fused-ring (bicyclic) bond motifs is 1. The Bertz CT molecular complexity index is 841. The van der Waals surface area contributed by atoms with Crippen LogP contribution >= 0.6 is 11.8 Å². The van der Waals surface area contributed by atoms with Crippen molar-refractivity contribution in [3.8, 4) is 0 Å². The highest BCUT2D eigenvalue weighted by Crippen LogP contribution is 2.27. The second-order valence-corrected chi connectivity index (χ2v) is 9.03. The minimum atomic E-state index is 0.128. The second kappa shape index (κ2) is 8.70. The van der Waals surface area contributed by atoms with Gasteiger partial charge in [0.25, 0.3) is 5.91 Å². The van der Waals surface area contributed by atoms with E-state index in [2.05, 4.69) is 48.1 Å². The molecule has 2 aliphatic rings. The number of aryl methyl sites for hydroxylation is 2. The van der Waals surface area contributed by atoms with E-state index in [4.69, 9.17) is 5.10 Å². The zero-order valence-electron chi connectivity index (χ0n) is 16.9. The minimum Gasteiger partial charge on any atom is -0.336 e. The number of aromatic nitrogens is 2. The number of hydrogen-bond donors (Lipinski definition) is 1. The van der Waals surface area contributed by atoms with E-state index in [-0.39, 0.29) is 5.91 Å². The molecule has 1 saturated heterocycles. The highest BCUT2D eigenvalue weighted by molar-refractivity contribution is 7.99. The smallest absolute Gasteiger partial charge is 0.274 e. The summed E-state index contributed by atoms with van der Waals surface area (Å²) in [5, 5.41) is 8.45. The Hall–Kier alpha value is -1.79. The lowest BCUT2D eigenvalue weighted by molar-refractivity contribution is 0.0764. The summed E-state index contributed by atoms with van der Waals surface area (Å²) in [4.78, 5) is 15.1. The zero-order valence-corrected chi connectivity index (χ0v) is 17.7. The van der Waals surface area contributed by atoms with E-state index in [0.29, 0.717) is 11.7 Å². The van der Waals surface area contributed by atoms with Crippen molar-refractivity contribution in [3.63, 3.8) is 0 Å². The largest absolute Gasteiger partial charge is 0.336 e. The Balaban J connectivity index is 1.50. The lowest BCUT2D eigenvalue weighted by atomic mass is 9.91. The summed E-state index contributed by atoms with van der Waals surface area (Å²) in [6, 6.07) is 9.05. The molecule has 2 aromatic rings. The first kappa shape index (κ1) is 19.5. The Morgan fingerprint density at radius 3 is 2.89 bits per heavy atom. The molecule has 4 rings (SSSR count). The van der Waals surface area contributed by atoms with Crippen molar-refractivity contribution in [1.29, 1.82) is 0 Å². The highest BCUT2D eigenvalue weighted by atomic mass is 32.2. The van der Waals surface area contributed by atoms with Gasteiger partial charge in [0, 0.05) is 55.0 Å². The molecule has 5 nitrogen and oxygen atoms in total. The van der Waals surface area contributed by atoms with Gasteiger partial charge < -0.3 is 10.2 Å². The van der Waals surface area contributed by atoms with Gasteiger partial charge in [-0.25, -0.2) is 0 Å². The lowest BCUT2D eigenvalue weighted by Crippen LogP contribution is -2.39. The van der Waals surface area contributed by atoms with Crippen LogP contribution in [0.15, 0.2) is 24.3 Å². The van der Waals surface area contributed by atoms with E-state index in [1.807, 2.05) is 16.7 Å². The number of nitrogens with one attached hydrogen (secondary N) is 1. The van der Waals surface area contributed by atoms with Gasteiger partial charge in [-0.15, -0.1) is 0 Å². The Kier molecular flexibility index (Phi) is 6.07. The van der Waals surface area contributed by atoms with Gasteiger partial charge in [0.05, 0.1) is 0 Å². The SMILES string of the molecule is CCn1nc(C(=O)N2CCSCC2)c2c1CC[C@H](NCc1cccc(C)c1)C2. The average molecular weight is 399 g/mol. The molecule has 1 aromatic carbocycles. The number of carbonyl (C=O) groups is 1. The number of hydrogen-bond acceptors (Lipinski definition) is 4. The molecule has 28 heavy (non-hydrogen) atoms. The topological polar surface area (TPSA) is 50.2 Å². The summed E-state index contributed by atoms with van der Waals surface area (Å²) >= 11 is 1.93. The standard InChI is InChI=1S/C22H30N4OS/c1-3-26-20-8-7-18(23-15-17-6-4-5-16(2)13-17)14-19(20)21(24-26)22(27)25-9-11-28-12-10-25/h4-6,13,18,23H,3,7-12,14-15H2,1-2H3/t18-/m0/s1. The number of thioether (sulfide) groups is 1. The Morgan fingerprint density at radius 2 is 2.14 bits per heavy atom. The number of benzene rings is 1. The molecular formula is C22H30N4OS. The van der Waals surface area contributed by atoms with Crippen LogP contribution in [0.4, 0.5) is 0 Å². The first-order chi connectivity index (χ1) is 13.7. The van der Waals surface area contributed by atoms with E-state index in [1.54, 1.807) is 0 Å². The molecule has 0 spiro atoms. The third kappa shape index (κ3) is 4.13. The molecule has 0 unspecified atom stereocenters. The fraction of sp³-hybridized carbons (Fsp3) is 0.545. The number of nitrogens with zero attached hydrogens (tertiary/aromatic N) is 3. The van der Waals surface area contributed by atoms with E-state index >= 15 is 0 Å². The molecule has 1 amide bonds. The summed E-state index contributed by atoms with van der Waals surface area (Å²) in [7, 11) is 0. The summed E-state index contributed by atoms with van der Waals surface area (Å²) in [6.07, 6.45) is 2.98. The summed E-state index contributed by atoms with van der Waals surface area (Å²) in [5.74, 6) is 2.19. The van der Waals surface area contributed by atoms with Gasteiger partial charge in [0.1, 0.15) is 0 Å². The Labute approximate surface area is 171 Å². The maximum Gasteiger partial charge on any atom is 0.274 e. The fourth-order valence-electron chi connectivity index (χ4n) is 4.30. The number of amides is 1. The third-order valence-electron chi connectivity index (χ3n) is 5.82. The molecule has 2 heterocycles. The third-order valence-corrected chi connectivity index (χ3v) is 6.77.